The number of hydrogen-bond donors (Lipinski definition) is 1. The van der Waals surface area contributed by atoms with Crippen molar-refractivity contribution < 1.29 is 14.5 Å². The van der Waals surface area contributed by atoms with Crippen molar-refractivity contribution in [3.63, 3.8) is 0 Å². The van der Waals surface area contributed by atoms with Crippen LogP contribution in [0.5, 0.6) is 5.75 Å². The van der Waals surface area contributed by atoms with E-state index in [1.165, 1.54) is 28.9 Å². The first-order valence-electron chi connectivity index (χ1n) is 7.60. The maximum Gasteiger partial charge on any atom is 0.292 e. The minimum absolute atomic E-state index is 0.0418. The summed E-state index contributed by atoms with van der Waals surface area (Å²) >= 11 is 9.39. The number of benzene rings is 2. The molecule has 0 aliphatic heterocycles. The summed E-state index contributed by atoms with van der Waals surface area (Å²) in [4.78, 5) is 22.7. The Labute approximate surface area is 167 Å². The van der Waals surface area contributed by atoms with Gasteiger partial charge in [0, 0.05) is 16.7 Å². The molecule has 1 aromatic heterocycles. The Hall–Kier alpha value is -2.91. The fourth-order valence-electron chi connectivity index (χ4n) is 2.21. The van der Waals surface area contributed by atoms with Crippen molar-refractivity contribution in [2.24, 2.45) is 0 Å². The van der Waals surface area contributed by atoms with Gasteiger partial charge in [0.05, 0.1) is 9.95 Å². The normalized spacial score (nSPS) is 10.4. The van der Waals surface area contributed by atoms with E-state index in [4.69, 9.17) is 16.3 Å². The maximum absolute atomic E-state index is 12.3. The molecule has 3 aromatic rings. The van der Waals surface area contributed by atoms with Crippen LogP contribution in [0.2, 0.25) is 5.02 Å². The van der Waals surface area contributed by atoms with Gasteiger partial charge in [0.1, 0.15) is 11.4 Å². The molecule has 138 valence electrons. The predicted octanol–water partition coefficient (Wildman–Crippen LogP) is 4.50. The second-order valence-electron chi connectivity index (χ2n) is 5.32. The Morgan fingerprint density at radius 2 is 2.07 bits per heavy atom. The molecule has 0 bridgehead atoms. The van der Waals surface area contributed by atoms with Gasteiger partial charge in [-0.05, 0) is 30.3 Å². The minimum atomic E-state index is -0.565. The number of rotatable bonds is 6. The molecule has 2 aromatic carbocycles. The van der Waals surface area contributed by atoms with E-state index in [-0.39, 0.29) is 23.8 Å². The molecule has 1 N–H and O–H groups in total. The van der Waals surface area contributed by atoms with E-state index in [1.807, 2.05) is 0 Å². The van der Waals surface area contributed by atoms with Crippen LogP contribution in [0.25, 0.3) is 0 Å². The van der Waals surface area contributed by atoms with Gasteiger partial charge in [-0.15, -0.1) is 0 Å². The van der Waals surface area contributed by atoms with Crippen LogP contribution in [-0.4, -0.2) is 20.6 Å². The highest BCUT2D eigenvalue weighted by atomic mass is 79.9. The van der Waals surface area contributed by atoms with E-state index in [2.05, 4.69) is 26.3 Å². The van der Waals surface area contributed by atoms with Crippen LogP contribution in [0.3, 0.4) is 0 Å². The average molecular weight is 452 g/mol. The molecular weight excluding hydrogens is 440 g/mol. The van der Waals surface area contributed by atoms with E-state index < -0.39 is 10.8 Å². The maximum atomic E-state index is 12.3. The van der Waals surface area contributed by atoms with E-state index in [0.29, 0.717) is 10.8 Å². The Kier molecular flexibility index (Phi) is 5.72. The molecule has 1 heterocycles. The lowest BCUT2D eigenvalue weighted by molar-refractivity contribution is -0.383. The molecule has 0 radical (unpaired) electrons. The minimum Gasteiger partial charge on any atom is -0.470 e. The Morgan fingerprint density at radius 1 is 1.30 bits per heavy atom. The van der Waals surface area contributed by atoms with Crippen molar-refractivity contribution in [1.82, 2.24) is 9.78 Å². The standard InChI is InChI=1S/C17H12BrClN4O4/c18-11-5-6-16(12(19)9-11)27-10-22-8-7-14(21-22)17(24)20-13-3-1-2-4-15(13)23(25)26/h1-9H,10H2,(H,20,24). The van der Waals surface area contributed by atoms with Gasteiger partial charge in [-0.2, -0.15) is 5.10 Å². The molecule has 0 atom stereocenters. The number of carbonyl (C=O) groups excluding carboxylic acids is 1. The highest BCUT2D eigenvalue weighted by Crippen LogP contribution is 2.28. The van der Waals surface area contributed by atoms with E-state index in [0.717, 1.165) is 4.47 Å². The number of para-hydroxylation sites is 2. The third-order valence-electron chi connectivity index (χ3n) is 3.47. The molecule has 27 heavy (non-hydrogen) atoms. The number of hydrogen-bond acceptors (Lipinski definition) is 5. The Balaban J connectivity index is 1.67. The number of nitrogens with zero attached hydrogens (tertiary/aromatic N) is 3. The second-order valence-corrected chi connectivity index (χ2v) is 6.64. The van der Waals surface area contributed by atoms with Crippen LogP contribution in [0.15, 0.2) is 59.2 Å². The number of amides is 1. The summed E-state index contributed by atoms with van der Waals surface area (Å²) in [5.74, 6) is -0.0917. The average Bonchev–Trinajstić information content (AvgIpc) is 3.10. The molecule has 10 heteroatoms. The molecule has 8 nitrogen and oxygen atoms in total. The summed E-state index contributed by atoms with van der Waals surface area (Å²) in [5, 5.41) is 18.0. The number of halogens is 2. The van der Waals surface area contributed by atoms with Crippen molar-refractivity contribution in [3.8, 4) is 5.75 Å². The summed E-state index contributed by atoms with van der Waals surface area (Å²) in [7, 11) is 0. The number of ether oxygens (including phenoxy) is 1. The molecule has 0 saturated heterocycles. The van der Waals surface area contributed by atoms with Crippen LogP contribution >= 0.6 is 27.5 Å². The largest absolute Gasteiger partial charge is 0.470 e. The number of aromatic nitrogens is 2. The highest BCUT2D eigenvalue weighted by molar-refractivity contribution is 9.10. The van der Waals surface area contributed by atoms with Gasteiger partial charge in [-0.25, -0.2) is 4.68 Å². The number of anilines is 1. The zero-order chi connectivity index (χ0) is 19.4. The van der Waals surface area contributed by atoms with Crippen LogP contribution in [0, 0.1) is 10.1 Å². The monoisotopic (exact) mass is 450 g/mol. The summed E-state index contributed by atoms with van der Waals surface area (Å²) in [6.45, 7) is 0.0418. The third-order valence-corrected chi connectivity index (χ3v) is 4.26. The molecule has 0 aliphatic rings. The van der Waals surface area contributed by atoms with Gasteiger partial charge in [0.2, 0.25) is 0 Å². The summed E-state index contributed by atoms with van der Waals surface area (Å²) in [5.41, 5.74) is -0.00269. The van der Waals surface area contributed by atoms with E-state index in [1.54, 1.807) is 30.5 Å². The molecule has 1 amide bonds. The number of carbonyl (C=O) groups is 1. The lowest BCUT2D eigenvalue weighted by Crippen LogP contribution is -2.15. The zero-order valence-electron chi connectivity index (χ0n) is 13.6. The van der Waals surface area contributed by atoms with Gasteiger partial charge in [0.25, 0.3) is 11.6 Å². The summed E-state index contributed by atoms with van der Waals surface area (Å²) < 4.78 is 7.80. The molecule has 3 rings (SSSR count). The number of nitro benzene ring substituents is 1. The quantitative estimate of drug-likeness (QED) is 0.439. The van der Waals surface area contributed by atoms with Crippen LogP contribution in [-0.2, 0) is 6.73 Å². The lowest BCUT2D eigenvalue weighted by atomic mass is 10.2. The van der Waals surface area contributed by atoms with Crippen molar-refractivity contribution >= 4 is 44.8 Å². The fraction of sp³-hybridized carbons (Fsp3) is 0.0588. The topological polar surface area (TPSA) is 99.3 Å². The summed E-state index contributed by atoms with van der Waals surface area (Å²) in [6, 6.07) is 12.6. The number of nitrogens with one attached hydrogen (secondary N) is 1. The first kappa shape index (κ1) is 18.9. The van der Waals surface area contributed by atoms with Crippen LogP contribution < -0.4 is 10.1 Å². The highest BCUT2D eigenvalue weighted by Gasteiger charge is 2.17. The SMILES string of the molecule is O=C(Nc1ccccc1[N+](=O)[O-])c1ccn(COc2ccc(Br)cc2Cl)n1. The predicted molar refractivity (Wildman–Crippen MR) is 103 cm³/mol. The lowest BCUT2D eigenvalue weighted by Gasteiger charge is -2.08. The first-order valence-corrected chi connectivity index (χ1v) is 8.77. The molecule has 0 unspecified atom stereocenters. The molecule has 0 fully saturated rings. The molecule has 0 aliphatic carbocycles. The van der Waals surface area contributed by atoms with E-state index >= 15 is 0 Å². The van der Waals surface area contributed by atoms with Gasteiger partial charge in [-0.3, -0.25) is 14.9 Å². The van der Waals surface area contributed by atoms with Crippen molar-refractivity contribution in [2.45, 2.75) is 6.73 Å². The summed E-state index contributed by atoms with van der Waals surface area (Å²) in [6.07, 6.45) is 1.56. The van der Waals surface area contributed by atoms with Crippen molar-refractivity contribution in [2.75, 3.05) is 5.32 Å². The van der Waals surface area contributed by atoms with E-state index in [9.17, 15) is 14.9 Å². The van der Waals surface area contributed by atoms with Crippen LogP contribution in [0.4, 0.5) is 11.4 Å². The zero-order valence-corrected chi connectivity index (χ0v) is 16.0. The fourth-order valence-corrected chi connectivity index (χ4v) is 2.94. The smallest absolute Gasteiger partial charge is 0.292 e. The van der Waals surface area contributed by atoms with Crippen molar-refractivity contribution in [3.05, 3.63) is 80.0 Å². The Bertz CT molecular complexity index is 1010. The van der Waals surface area contributed by atoms with Crippen molar-refractivity contribution in [1.29, 1.82) is 0 Å². The molecule has 0 saturated carbocycles. The second kappa shape index (κ2) is 8.19. The Morgan fingerprint density at radius 3 is 2.81 bits per heavy atom. The first-order chi connectivity index (χ1) is 12.9. The molecular formula is C17H12BrClN4O4. The van der Waals surface area contributed by atoms with Gasteiger partial charge in [-0.1, -0.05) is 39.7 Å². The molecule has 0 spiro atoms. The number of nitro groups is 1. The van der Waals surface area contributed by atoms with Gasteiger partial charge in [0.15, 0.2) is 12.4 Å². The third kappa shape index (κ3) is 4.63. The van der Waals surface area contributed by atoms with Crippen LogP contribution in [0.1, 0.15) is 10.5 Å². The van der Waals surface area contributed by atoms with Gasteiger partial charge < -0.3 is 10.1 Å². The van der Waals surface area contributed by atoms with Gasteiger partial charge >= 0.3 is 0 Å².